The summed E-state index contributed by atoms with van der Waals surface area (Å²) in [6.07, 6.45) is -1.62. The summed E-state index contributed by atoms with van der Waals surface area (Å²) < 4.78 is 23.2. The lowest BCUT2D eigenvalue weighted by molar-refractivity contribution is 0.0678. The van der Waals surface area contributed by atoms with Crippen LogP contribution >= 0.6 is 11.3 Å². The fourth-order valence-electron chi connectivity index (χ4n) is 0.438. The van der Waals surface area contributed by atoms with Crippen molar-refractivity contribution < 1.29 is 13.6 Å². The molecule has 54 valence electrons. The van der Waals surface area contributed by atoms with E-state index in [-0.39, 0.29) is 5.01 Å². The number of hydrogen-bond donors (Lipinski definition) is 0. The van der Waals surface area contributed by atoms with E-state index in [1.165, 1.54) is 11.6 Å². The van der Waals surface area contributed by atoms with E-state index in [2.05, 4.69) is 4.98 Å². The van der Waals surface area contributed by atoms with Crippen LogP contribution in [0, 0.1) is 0 Å². The quantitative estimate of drug-likeness (QED) is 0.619. The minimum Gasteiger partial charge on any atom is -0.285 e. The molecule has 0 aromatic carbocycles. The molecule has 1 rings (SSSR count). The van der Waals surface area contributed by atoms with Crippen LogP contribution in [-0.4, -0.2) is 17.2 Å². The Kier molecular flexibility index (Phi) is 2.06. The van der Waals surface area contributed by atoms with E-state index in [0.29, 0.717) is 0 Å². The van der Waals surface area contributed by atoms with Crippen LogP contribution in [0.1, 0.15) is 9.80 Å². The standard InChI is InChI=1S/C5H3F2NOS/c6-4(7)3(9)5-8-1-2-10-5/h1-2,4H. The first-order valence-corrected chi connectivity index (χ1v) is 3.31. The van der Waals surface area contributed by atoms with Crippen molar-refractivity contribution in [1.29, 1.82) is 0 Å². The number of Topliss-reactive ketones (excluding diaryl/α,β-unsaturated/α-hetero) is 1. The topological polar surface area (TPSA) is 30.0 Å². The molecule has 0 spiro atoms. The third kappa shape index (κ3) is 1.36. The van der Waals surface area contributed by atoms with Crippen LogP contribution in [0.4, 0.5) is 8.78 Å². The van der Waals surface area contributed by atoms with Gasteiger partial charge in [-0.1, -0.05) is 0 Å². The third-order valence-electron chi connectivity index (χ3n) is 0.841. The minimum absolute atomic E-state index is 0.130. The van der Waals surface area contributed by atoms with Crippen LogP contribution in [0.15, 0.2) is 11.6 Å². The molecule has 0 bridgehead atoms. The van der Waals surface area contributed by atoms with Gasteiger partial charge in [-0.05, 0) is 0 Å². The van der Waals surface area contributed by atoms with Crippen molar-refractivity contribution in [3.63, 3.8) is 0 Å². The van der Waals surface area contributed by atoms with Crippen LogP contribution in [0.2, 0.25) is 0 Å². The highest BCUT2D eigenvalue weighted by atomic mass is 32.1. The van der Waals surface area contributed by atoms with E-state index in [1.807, 2.05) is 0 Å². The Morgan fingerprint density at radius 1 is 1.70 bits per heavy atom. The molecular formula is C5H3F2NOS. The van der Waals surface area contributed by atoms with Crippen LogP contribution in [0.3, 0.4) is 0 Å². The number of rotatable bonds is 2. The maximum absolute atomic E-state index is 11.6. The van der Waals surface area contributed by atoms with Crippen molar-refractivity contribution in [2.75, 3.05) is 0 Å². The molecule has 0 N–H and O–H groups in total. The lowest BCUT2D eigenvalue weighted by atomic mass is 10.4. The Morgan fingerprint density at radius 3 is 2.80 bits per heavy atom. The molecule has 0 saturated carbocycles. The SMILES string of the molecule is O=C(c1nccs1)C(F)F. The predicted molar refractivity (Wildman–Crippen MR) is 32.4 cm³/mol. The van der Waals surface area contributed by atoms with Gasteiger partial charge in [0.25, 0.3) is 5.78 Å². The molecule has 0 amide bonds. The second-order valence-corrected chi connectivity index (χ2v) is 2.40. The molecule has 5 heteroatoms. The van der Waals surface area contributed by atoms with E-state index in [9.17, 15) is 13.6 Å². The van der Waals surface area contributed by atoms with Gasteiger partial charge in [0.05, 0.1) is 0 Å². The van der Waals surface area contributed by atoms with Gasteiger partial charge in [0, 0.05) is 11.6 Å². The van der Waals surface area contributed by atoms with E-state index in [0.717, 1.165) is 11.3 Å². The number of carbonyl (C=O) groups excluding carboxylic acids is 1. The van der Waals surface area contributed by atoms with Gasteiger partial charge >= 0.3 is 6.43 Å². The maximum Gasteiger partial charge on any atom is 0.303 e. The summed E-state index contributed by atoms with van der Waals surface area (Å²) in [5.41, 5.74) is 0. The second kappa shape index (κ2) is 2.83. The van der Waals surface area contributed by atoms with Crippen molar-refractivity contribution in [2.45, 2.75) is 6.43 Å². The molecule has 0 unspecified atom stereocenters. The van der Waals surface area contributed by atoms with Gasteiger partial charge in [-0.3, -0.25) is 4.79 Å². The highest BCUT2D eigenvalue weighted by Crippen LogP contribution is 2.09. The average molecular weight is 163 g/mol. The smallest absolute Gasteiger partial charge is 0.285 e. The van der Waals surface area contributed by atoms with Gasteiger partial charge in [-0.25, -0.2) is 13.8 Å². The van der Waals surface area contributed by atoms with Gasteiger partial charge in [0.2, 0.25) is 0 Å². The Hall–Kier alpha value is -0.840. The first kappa shape index (κ1) is 7.27. The Morgan fingerprint density at radius 2 is 2.40 bits per heavy atom. The largest absolute Gasteiger partial charge is 0.303 e. The molecule has 1 aromatic rings. The third-order valence-corrected chi connectivity index (χ3v) is 1.63. The number of alkyl halides is 2. The number of ketones is 1. The minimum atomic E-state index is -2.94. The number of thiazole rings is 1. The fourth-order valence-corrected chi connectivity index (χ4v) is 1.02. The lowest BCUT2D eigenvalue weighted by Gasteiger charge is -1.90. The van der Waals surface area contributed by atoms with Crippen LogP contribution in [-0.2, 0) is 0 Å². The monoisotopic (exact) mass is 163 g/mol. The summed E-state index contributed by atoms with van der Waals surface area (Å²) in [4.78, 5) is 13.8. The van der Waals surface area contributed by atoms with Gasteiger partial charge in [-0.2, -0.15) is 0 Å². The summed E-state index contributed by atoms with van der Waals surface area (Å²) >= 11 is 0.919. The van der Waals surface area contributed by atoms with Gasteiger partial charge < -0.3 is 0 Å². The van der Waals surface area contributed by atoms with E-state index >= 15 is 0 Å². The molecule has 0 saturated heterocycles. The van der Waals surface area contributed by atoms with Crippen LogP contribution in [0.25, 0.3) is 0 Å². The summed E-state index contributed by atoms with van der Waals surface area (Å²) in [6, 6.07) is 0. The fraction of sp³-hybridized carbons (Fsp3) is 0.200. The van der Waals surface area contributed by atoms with Crippen molar-refractivity contribution in [3.05, 3.63) is 16.6 Å². The van der Waals surface area contributed by atoms with Crippen molar-refractivity contribution in [2.24, 2.45) is 0 Å². The number of aromatic nitrogens is 1. The second-order valence-electron chi connectivity index (χ2n) is 1.50. The van der Waals surface area contributed by atoms with E-state index in [4.69, 9.17) is 0 Å². The van der Waals surface area contributed by atoms with Crippen LogP contribution in [0.5, 0.6) is 0 Å². The Bertz CT molecular complexity index is 222. The molecule has 1 heterocycles. The molecular weight excluding hydrogens is 160 g/mol. The number of halogens is 2. The molecule has 0 aliphatic carbocycles. The predicted octanol–water partition coefficient (Wildman–Crippen LogP) is 1.59. The first-order valence-electron chi connectivity index (χ1n) is 2.43. The molecule has 0 aliphatic rings. The highest BCUT2D eigenvalue weighted by Gasteiger charge is 2.19. The molecule has 0 atom stereocenters. The summed E-state index contributed by atoms with van der Waals surface area (Å²) in [7, 11) is 0. The summed E-state index contributed by atoms with van der Waals surface area (Å²) in [5, 5.41) is 1.35. The van der Waals surface area contributed by atoms with Crippen molar-refractivity contribution in [1.82, 2.24) is 4.98 Å². The first-order chi connectivity index (χ1) is 4.72. The molecule has 0 radical (unpaired) electrons. The highest BCUT2D eigenvalue weighted by molar-refractivity contribution is 7.11. The van der Waals surface area contributed by atoms with Gasteiger partial charge in [0.15, 0.2) is 5.01 Å². The number of hydrogen-bond acceptors (Lipinski definition) is 3. The summed E-state index contributed by atoms with van der Waals surface area (Å²) in [6.45, 7) is 0. The van der Waals surface area contributed by atoms with E-state index < -0.39 is 12.2 Å². The van der Waals surface area contributed by atoms with Gasteiger partial charge in [-0.15, -0.1) is 11.3 Å². The molecule has 1 aromatic heterocycles. The van der Waals surface area contributed by atoms with Crippen molar-refractivity contribution >= 4 is 17.1 Å². The van der Waals surface area contributed by atoms with Crippen LogP contribution < -0.4 is 0 Å². The molecule has 0 fully saturated rings. The zero-order valence-corrected chi connectivity index (χ0v) is 5.57. The lowest BCUT2D eigenvalue weighted by Crippen LogP contribution is -2.09. The zero-order chi connectivity index (χ0) is 7.56. The molecule has 2 nitrogen and oxygen atoms in total. The number of carbonyl (C=O) groups is 1. The Balaban J connectivity index is 2.78. The van der Waals surface area contributed by atoms with Gasteiger partial charge in [0.1, 0.15) is 0 Å². The normalized spacial score (nSPS) is 10.3. The molecule has 0 aliphatic heterocycles. The van der Waals surface area contributed by atoms with E-state index in [1.54, 1.807) is 0 Å². The molecule has 10 heavy (non-hydrogen) atoms. The average Bonchev–Trinajstić information content (AvgIpc) is 2.36. The van der Waals surface area contributed by atoms with Crippen molar-refractivity contribution in [3.8, 4) is 0 Å². The number of nitrogens with zero attached hydrogens (tertiary/aromatic N) is 1. The summed E-state index contributed by atoms with van der Waals surface area (Å²) in [5.74, 6) is -1.20. The maximum atomic E-state index is 11.6. The zero-order valence-electron chi connectivity index (χ0n) is 4.75. The Labute approximate surface area is 59.5 Å².